The van der Waals surface area contributed by atoms with E-state index in [9.17, 15) is 4.79 Å². The summed E-state index contributed by atoms with van der Waals surface area (Å²) < 4.78 is 0. The number of amides is 2. The molecule has 0 atom stereocenters. The van der Waals surface area contributed by atoms with Gasteiger partial charge >= 0.3 is 6.03 Å². The van der Waals surface area contributed by atoms with Crippen molar-refractivity contribution in [3.63, 3.8) is 0 Å². The van der Waals surface area contributed by atoms with Gasteiger partial charge in [-0.1, -0.05) is 11.6 Å². The average Bonchev–Trinajstić information content (AvgIpc) is 2.62. The molecule has 1 aromatic carbocycles. The van der Waals surface area contributed by atoms with Crippen LogP contribution in [0, 0.1) is 0 Å². The predicted octanol–water partition coefficient (Wildman–Crippen LogP) is 2.26. The van der Waals surface area contributed by atoms with Crippen LogP contribution >= 0.6 is 11.6 Å². The molecule has 9 heteroatoms. The predicted molar refractivity (Wildman–Crippen MR) is 102 cm³/mol. The van der Waals surface area contributed by atoms with Crippen LogP contribution in [0.15, 0.2) is 24.4 Å². The Morgan fingerprint density at radius 3 is 2.81 bits per heavy atom. The summed E-state index contributed by atoms with van der Waals surface area (Å²) in [6, 6.07) is 5.59. The third-order valence-electron chi connectivity index (χ3n) is 4.58. The first-order valence-corrected chi connectivity index (χ1v) is 8.87. The molecule has 2 amide bonds. The molecule has 3 heterocycles. The largest absolute Gasteiger partial charge is 0.368 e. The Kier molecular flexibility index (Phi) is 4.52. The summed E-state index contributed by atoms with van der Waals surface area (Å²) in [6.07, 6.45) is 1.69. The van der Waals surface area contributed by atoms with E-state index in [4.69, 9.17) is 11.6 Å². The molecule has 2 aliphatic heterocycles. The van der Waals surface area contributed by atoms with Crippen LogP contribution < -0.4 is 20.9 Å². The number of urea groups is 1. The number of halogens is 1. The maximum Gasteiger partial charge on any atom is 0.320 e. The van der Waals surface area contributed by atoms with Crippen molar-refractivity contribution in [3.05, 3.63) is 35.0 Å². The number of likely N-dealkylation sites (N-methyl/N-ethyl adjacent to an activating group) is 1. The van der Waals surface area contributed by atoms with E-state index in [1.807, 2.05) is 18.2 Å². The monoisotopic (exact) mass is 373 g/mol. The molecule has 26 heavy (non-hydrogen) atoms. The zero-order valence-corrected chi connectivity index (χ0v) is 15.2. The van der Waals surface area contributed by atoms with Gasteiger partial charge in [-0.25, -0.2) is 9.78 Å². The average molecular weight is 374 g/mol. The van der Waals surface area contributed by atoms with E-state index in [0.717, 1.165) is 43.1 Å². The molecular weight excluding hydrogens is 354 g/mol. The minimum Gasteiger partial charge on any atom is -0.368 e. The van der Waals surface area contributed by atoms with Crippen LogP contribution in [0.5, 0.6) is 0 Å². The highest BCUT2D eigenvalue weighted by Crippen LogP contribution is 2.30. The first kappa shape index (κ1) is 16.9. The number of piperazine rings is 1. The smallest absolute Gasteiger partial charge is 0.320 e. The lowest BCUT2D eigenvalue weighted by Gasteiger charge is -2.34. The lowest BCUT2D eigenvalue weighted by atomic mass is 10.2. The van der Waals surface area contributed by atoms with E-state index in [2.05, 4.69) is 42.8 Å². The van der Waals surface area contributed by atoms with Crippen LogP contribution in [0.2, 0.25) is 5.02 Å². The second-order valence-electron chi connectivity index (χ2n) is 6.46. The molecule has 1 fully saturated rings. The molecule has 1 aromatic heterocycles. The number of aromatic nitrogens is 2. The van der Waals surface area contributed by atoms with Gasteiger partial charge in [-0.05, 0) is 25.2 Å². The van der Waals surface area contributed by atoms with Crippen LogP contribution in [-0.2, 0) is 6.54 Å². The maximum absolute atomic E-state index is 11.4. The summed E-state index contributed by atoms with van der Waals surface area (Å²) >= 11 is 6.50. The summed E-state index contributed by atoms with van der Waals surface area (Å²) in [5.41, 5.74) is 2.68. The Balaban J connectivity index is 1.50. The SMILES string of the molecule is CN1CCN(c2ccc(Nc3ncc4c(n3)NC(=O)NC4)cc2Cl)CC1. The van der Waals surface area contributed by atoms with Gasteiger partial charge in [0.2, 0.25) is 5.95 Å². The first-order valence-electron chi connectivity index (χ1n) is 8.49. The minimum absolute atomic E-state index is 0.262. The zero-order chi connectivity index (χ0) is 18.1. The lowest BCUT2D eigenvalue weighted by molar-refractivity contribution is 0.250. The van der Waals surface area contributed by atoms with Gasteiger partial charge in [-0.15, -0.1) is 0 Å². The Morgan fingerprint density at radius 2 is 2.04 bits per heavy atom. The molecule has 136 valence electrons. The van der Waals surface area contributed by atoms with Gasteiger partial charge in [-0.2, -0.15) is 4.98 Å². The van der Waals surface area contributed by atoms with Crippen LogP contribution in [0.25, 0.3) is 0 Å². The third kappa shape index (κ3) is 3.51. The van der Waals surface area contributed by atoms with Gasteiger partial charge in [0.15, 0.2) is 0 Å². The van der Waals surface area contributed by atoms with Gasteiger partial charge in [-0.3, -0.25) is 5.32 Å². The van der Waals surface area contributed by atoms with Gasteiger partial charge in [0.1, 0.15) is 5.82 Å². The fourth-order valence-electron chi connectivity index (χ4n) is 3.05. The summed E-state index contributed by atoms with van der Waals surface area (Å²) in [7, 11) is 2.13. The molecular formula is C17H20ClN7O. The van der Waals surface area contributed by atoms with Crippen LogP contribution in [0.3, 0.4) is 0 Å². The number of benzene rings is 1. The van der Waals surface area contributed by atoms with E-state index in [1.54, 1.807) is 6.20 Å². The highest BCUT2D eigenvalue weighted by Gasteiger charge is 2.18. The van der Waals surface area contributed by atoms with E-state index in [0.29, 0.717) is 23.3 Å². The molecule has 0 aliphatic carbocycles. The van der Waals surface area contributed by atoms with Crippen molar-refractivity contribution in [1.82, 2.24) is 20.2 Å². The molecule has 0 radical (unpaired) electrons. The van der Waals surface area contributed by atoms with E-state index in [1.165, 1.54) is 0 Å². The Morgan fingerprint density at radius 1 is 1.23 bits per heavy atom. The van der Waals surface area contributed by atoms with Crippen molar-refractivity contribution in [2.75, 3.05) is 48.8 Å². The second kappa shape index (κ2) is 6.97. The molecule has 3 N–H and O–H groups in total. The Labute approximate surface area is 156 Å². The lowest BCUT2D eigenvalue weighted by Crippen LogP contribution is -2.44. The number of hydrogen-bond acceptors (Lipinski definition) is 6. The van der Waals surface area contributed by atoms with Crippen molar-refractivity contribution in [1.29, 1.82) is 0 Å². The van der Waals surface area contributed by atoms with Crippen molar-refractivity contribution < 1.29 is 4.79 Å². The molecule has 2 aliphatic rings. The Bertz CT molecular complexity index is 836. The van der Waals surface area contributed by atoms with E-state index in [-0.39, 0.29) is 6.03 Å². The highest BCUT2D eigenvalue weighted by atomic mass is 35.5. The van der Waals surface area contributed by atoms with E-state index >= 15 is 0 Å². The Hall–Kier alpha value is -2.58. The highest BCUT2D eigenvalue weighted by molar-refractivity contribution is 6.33. The van der Waals surface area contributed by atoms with E-state index < -0.39 is 0 Å². The molecule has 0 spiro atoms. The van der Waals surface area contributed by atoms with Crippen molar-refractivity contribution in [2.24, 2.45) is 0 Å². The van der Waals surface area contributed by atoms with Crippen LogP contribution in [-0.4, -0.2) is 54.1 Å². The fourth-order valence-corrected chi connectivity index (χ4v) is 3.35. The number of carbonyl (C=O) groups excluding carboxylic acids is 1. The molecule has 8 nitrogen and oxygen atoms in total. The topological polar surface area (TPSA) is 85.4 Å². The molecule has 1 saturated heterocycles. The quantitative estimate of drug-likeness (QED) is 0.765. The number of nitrogens with one attached hydrogen (secondary N) is 3. The number of nitrogens with zero attached hydrogens (tertiary/aromatic N) is 4. The number of carbonyl (C=O) groups is 1. The van der Waals surface area contributed by atoms with Crippen molar-refractivity contribution in [2.45, 2.75) is 6.54 Å². The van der Waals surface area contributed by atoms with Crippen molar-refractivity contribution in [3.8, 4) is 0 Å². The second-order valence-corrected chi connectivity index (χ2v) is 6.86. The molecule has 0 saturated carbocycles. The molecule has 4 rings (SSSR count). The number of anilines is 4. The van der Waals surface area contributed by atoms with Crippen LogP contribution in [0.4, 0.5) is 27.9 Å². The van der Waals surface area contributed by atoms with Gasteiger partial charge in [0.25, 0.3) is 0 Å². The summed E-state index contributed by atoms with van der Waals surface area (Å²) in [5.74, 6) is 0.931. The zero-order valence-electron chi connectivity index (χ0n) is 14.4. The van der Waals surface area contributed by atoms with Gasteiger partial charge in [0.05, 0.1) is 10.7 Å². The molecule has 0 unspecified atom stereocenters. The summed E-state index contributed by atoms with van der Waals surface area (Å²) in [6.45, 7) is 4.40. The fraction of sp³-hybridized carbons (Fsp3) is 0.353. The molecule has 2 aromatic rings. The minimum atomic E-state index is -0.262. The van der Waals surface area contributed by atoms with Gasteiger partial charge < -0.3 is 20.4 Å². The van der Waals surface area contributed by atoms with Crippen molar-refractivity contribution >= 4 is 40.8 Å². The third-order valence-corrected chi connectivity index (χ3v) is 4.89. The maximum atomic E-state index is 11.4. The van der Waals surface area contributed by atoms with Gasteiger partial charge in [0, 0.05) is 50.2 Å². The summed E-state index contributed by atoms with van der Waals surface area (Å²) in [4.78, 5) is 24.7. The molecule has 0 bridgehead atoms. The first-order chi connectivity index (χ1) is 12.6. The summed E-state index contributed by atoms with van der Waals surface area (Å²) in [5, 5.41) is 9.19. The standard InChI is InChI=1S/C17H20ClN7O/c1-24-4-6-25(7-5-24)14-3-2-12(8-13(14)18)21-16-19-9-11-10-20-17(26)23-15(11)22-16/h2-3,8-9H,4-7,10H2,1H3,(H3,19,20,21,22,23,26). The number of fused-ring (bicyclic) bond motifs is 1. The number of rotatable bonds is 3. The van der Waals surface area contributed by atoms with Crippen LogP contribution in [0.1, 0.15) is 5.56 Å². The normalized spacial score (nSPS) is 17.3. The number of hydrogen-bond donors (Lipinski definition) is 3.